The minimum atomic E-state index is -0.477. The SMILES string of the molecule is CC(=O)Nc1ccc(NC(=O)[C@H](C)Sc2n[nH]c(=O)n2Cc2ccccc2)cc1. The molecule has 0 aliphatic rings. The minimum Gasteiger partial charge on any atom is -0.326 e. The first kappa shape index (κ1) is 20.4. The Morgan fingerprint density at radius 2 is 1.69 bits per heavy atom. The summed E-state index contributed by atoms with van der Waals surface area (Å²) in [5.41, 5.74) is 1.91. The van der Waals surface area contributed by atoms with Crippen LogP contribution in [0.3, 0.4) is 0 Å². The smallest absolute Gasteiger partial charge is 0.326 e. The molecule has 0 saturated heterocycles. The molecule has 8 nitrogen and oxygen atoms in total. The first-order valence-electron chi connectivity index (χ1n) is 8.96. The lowest BCUT2D eigenvalue weighted by atomic mass is 10.2. The molecule has 2 aromatic carbocycles. The lowest BCUT2D eigenvalue weighted by molar-refractivity contribution is -0.115. The lowest BCUT2D eigenvalue weighted by Crippen LogP contribution is -2.24. The number of rotatable bonds is 7. The van der Waals surface area contributed by atoms with Crippen LogP contribution in [0, 0.1) is 0 Å². The molecule has 0 aliphatic heterocycles. The van der Waals surface area contributed by atoms with Gasteiger partial charge in [0.15, 0.2) is 5.16 Å². The monoisotopic (exact) mass is 411 g/mol. The van der Waals surface area contributed by atoms with Crippen molar-refractivity contribution in [2.45, 2.75) is 30.8 Å². The summed E-state index contributed by atoms with van der Waals surface area (Å²) in [7, 11) is 0. The number of hydrogen-bond donors (Lipinski definition) is 3. The predicted molar refractivity (Wildman–Crippen MR) is 113 cm³/mol. The third-order valence-electron chi connectivity index (χ3n) is 4.03. The van der Waals surface area contributed by atoms with Gasteiger partial charge in [-0.3, -0.25) is 14.2 Å². The van der Waals surface area contributed by atoms with Crippen molar-refractivity contribution in [2.24, 2.45) is 0 Å². The number of nitrogens with one attached hydrogen (secondary N) is 3. The second kappa shape index (κ2) is 9.24. The molecule has 1 heterocycles. The molecular formula is C20H21N5O3S. The average molecular weight is 411 g/mol. The molecule has 2 amide bonds. The average Bonchev–Trinajstić information content (AvgIpc) is 3.03. The molecule has 0 radical (unpaired) electrons. The molecule has 3 aromatic rings. The van der Waals surface area contributed by atoms with E-state index in [1.165, 1.54) is 23.3 Å². The van der Waals surface area contributed by atoms with Gasteiger partial charge >= 0.3 is 5.69 Å². The molecule has 1 aromatic heterocycles. The second-order valence-electron chi connectivity index (χ2n) is 6.39. The summed E-state index contributed by atoms with van der Waals surface area (Å²) in [6.45, 7) is 3.55. The fourth-order valence-corrected chi connectivity index (χ4v) is 3.45. The Morgan fingerprint density at radius 1 is 1.07 bits per heavy atom. The van der Waals surface area contributed by atoms with Crippen molar-refractivity contribution in [3.8, 4) is 0 Å². The van der Waals surface area contributed by atoms with Crippen molar-refractivity contribution < 1.29 is 9.59 Å². The molecule has 150 valence electrons. The highest BCUT2D eigenvalue weighted by Crippen LogP contribution is 2.22. The van der Waals surface area contributed by atoms with Gasteiger partial charge in [0.05, 0.1) is 11.8 Å². The van der Waals surface area contributed by atoms with E-state index in [0.29, 0.717) is 23.1 Å². The summed E-state index contributed by atoms with van der Waals surface area (Å²) in [6, 6.07) is 16.4. The van der Waals surface area contributed by atoms with Gasteiger partial charge in [0.25, 0.3) is 0 Å². The Hall–Kier alpha value is -3.33. The van der Waals surface area contributed by atoms with Gasteiger partial charge < -0.3 is 10.6 Å². The third kappa shape index (κ3) is 5.58. The normalized spacial score (nSPS) is 11.7. The van der Waals surface area contributed by atoms with E-state index in [1.807, 2.05) is 30.3 Å². The van der Waals surface area contributed by atoms with E-state index in [0.717, 1.165) is 5.56 Å². The largest absolute Gasteiger partial charge is 0.344 e. The van der Waals surface area contributed by atoms with E-state index >= 15 is 0 Å². The third-order valence-corrected chi connectivity index (χ3v) is 5.12. The van der Waals surface area contributed by atoms with Crippen LogP contribution < -0.4 is 16.3 Å². The molecule has 0 unspecified atom stereocenters. The molecule has 0 saturated carbocycles. The number of H-pyrrole nitrogens is 1. The van der Waals surface area contributed by atoms with Gasteiger partial charge in [-0.2, -0.15) is 0 Å². The number of aromatic amines is 1. The van der Waals surface area contributed by atoms with Crippen molar-refractivity contribution in [1.29, 1.82) is 0 Å². The van der Waals surface area contributed by atoms with Crippen LogP contribution in [-0.2, 0) is 16.1 Å². The summed E-state index contributed by atoms with van der Waals surface area (Å²) in [5, 5.41) is 12.0. The van der Waals surface area contributed by atoms with E-state index in [-0.39, 0.29) is 17.5 Å². The van der Waals surface area contributed by atoms with Crippen LogP contribution in [0.4, 0.5) is 11.4 Å². The van der Waals surface area contributed by atoms with Gasteiger partial charge in [-0.15, -0.1) is 5.10 Å². The predicted octanol–water partition coefficient (Wildman–Crippen LogP) is 2.70. The highest BCUT2D eigenvalue weighted by molar-refractivity contribution is 8.00. The van der Waals surface area contributed by atoms with Crippen LogP contribution in [0.15, 0.2) is 64.5 Å². The van der Waals surface area contributed by atoms with E-state index in [9.17, 15) is 14.4 Å². The van der Waals surface area contributed by atoms with E-state index in [4.69, 9.17) is 0 Å². The molecule has 29 heavy (non-hydrogen) atoms. The number of amides is 2. The lowest BCUT2D eigenvalue weighted by Gasteiger charge is -2.12. The highest BCUT2D eigenvalue weighted by atomic mass is 32.2. The summed E-state index contributed by atoms with van der Waals surface area (Å²) in [5.74, 6) is -0.378. The molecule has 0 bridgehead atoms. The molecule has 0 aliphatic carbocycles. The quantitative estimate of drug-likeness (QED) is 0.518. The first-order chi connectivity index (χ1) is 13.9. The van der Waals surface area contributed by atoms with Crippen molar-refractivity contribution in [3.63, 3.8) is 0 Å². The molecule has 0 fully saturated rings. The number of anilines is 2. The first-order valence-corrected chi connectivity index (χ1v) is 9.84. The molecule has 1 atom stereocenters. The minimum absolute atomic E-state index is 0.160. The summed E-state index contributed by atoms with van der Waals surface area (Å²) in [6.07, 6.45) is 0. The summed E-state index contributed by atoms with van der Waals surface area (Å²) in [4.78, 5) is 35.7. The maximum Gasteiger partial charge on any atom is 0.344 e. The number of carbonyl (C=O) groups excluding carboxylic acids is 2. The zero-order valence-corrected chi connectivity index (χ0v) is 16.8. The van der Waals surface area contributed by atoms with Crippen LogP contribution >= 0.6 is 11.8 Å². The van der Waals surface area contributed by atoms with Crippen molar-refractivity contribution >= 4 is 35.0 Å². The number of benzene rings is 2. The Balaban J connectivity index is 1.64. The van der Waals surface area contributed by atoms with Crippen LogP contribution in [0.5, 0.6) is 0 Å². The topological polar surface area (TPSA) is 109 Å². The maximum absolute atomic E-state index is 12.5. The van der Waals surface area contributed by atoms with Crippen molar-refractivity contribution in [1.82, 2.24) is 14.8 Å². The van der Waals surface area contributed by atoms with Crippen molar-refractivity contribution in [3.05, 3.63) is 70.6 Å². The van der Waals surface area contributed by atoms with E-state index in [1.54, 1.807) is 31.2 Å². The van der Waals surface area contributed by atoms with Crippen molar-refractivity contribution in [2.75, 3.05) is 10.6 Å². The second-order valence-corrected chi connectivity index (χ2v) is 7.70. The number of carbonyl (C=O) groups is 2. The fourth-order valence-electron chi connectivity index (χ4n) is 2.59. The Kier molecular flexibility index (Phi) is 6.50. The van der Waals surface area contributed by atoms with Crippen LogP contribution in [0.1, 0.15) is 19.4 Å². The van der Waals surface area contributed by atoms with Crippen LogP contribution in [0.2, 0.25) is 0 Å². The maximum atomic E-state index is 12.5. The van der Waals surface area contributed by atoms with Crippen LogP contribution in [-0.4, -0.2) is 31.8 Å². The van der Waals surface area contributed by atoms with Gasteiger partial charge in [-0.25, -0.2) is 9.89 Å². The fraction of sp³-hybridized carbons (Fsp3) is 0.200. The van der Waals surface area contributed by atoms with Gasteiger partial charge in [0.1, 0.15) is 0 Å². The van der Waals surface area contributed by atoms with E-state index < -0.39 is 5.25 Å². The van der Waals surface area contributed by atoms with Gasteiger partial charge in [-0.05, 0) is 36.8 Å². The molecule has 0 spiro atoms. The zero-order valence-electron chi connectivity index (χ0n) is 16.0. The highest BCUT2D eigenvalue weighted by Gasteiger charge is 2.19. The molecule has 3 N–H and O–H groups in total. The zero-order chi connectivity index (χ0) is 20.8. The van der Waals surface area contributed by atoms with Gasteiger partial charge in [0.2, 0.25) is 11.8 Å². The molecule has 3 rings (SSSR count). The molecular weight excluding hydrogens is 390 g/mol. The summed E-state index contributed by atoms with van der Waals surface area (Å²) >= 11 is 1.20. The number of hydrogen-bond acceptors (Lipinski definition) is 5. The van der Waals surface area contributed by atoms with Gasteiger partial charge in [0, 0.05) is 18.3 Å². The van der Waals surface area contributed by atoms with Crippen LogP contribution in [0.25, 0.3) is 0 Å². The Labute approximate surface area is 171 Å². The summed E-state index contributed by atoms with van der Waals surface area (Å²) < 4.78 is 1.51. The Bertz CT molecular complexity index is 1040. The number of thioether (sulfide) groups is 1. The Morgan fingerprint density at radius 3 is 2.31 bits per heavy atom. The number of aromatic nitrogens is 3. The van der Waals surface area contributed by atoms with E-state index in [2.05, 4.69) is 20.8 Å². The number of nitrogens with zero attached hydrogens (tertiary/aromatic N) is 2. The standard InChI is InChI=1S/C20H21N5O3S/c1-13(18(27)22-17-10-8-16(9-11-17)21-14(2)26)29-20-24-23-19(28)25(20)12-15-6-4-3-5-7-15/h3-11,13H,12H2,1-2H3,(H,21,26)(H,22,27)(H,23,28)/t13-/m0/s1. The molecule has 9 heteroatoms. The van der Waals surface area contributed by atoms with Gasteiger partial charge in [-0.1, -0.05) is 42.1 Å².